The van der Waals surface area contributed by atoms with Crippen LogP contribution in [0.4, 0.5) is 20.6 Å². The maximum Gasteiger partial charge on any atom is 0.318 e. The average molecular weight is 343 g/mol. The van der Waals surface area contributed by atoms with Gasteiger partial charge in [-0.25, -0.2) is 9.18 Å². The first-order chi connectivity index (χ1) is 11.6. The number of carbonyl (C=O) groups is 2. The lowest BCUT2D eigenvalue weighted by Crippen LogP contribution is -2.24. The second-order valence-electron chi connectivity index (χ2n) is 5.00. The second kappa shape index (κ2) is 6.67. The monoisotopic (exact) mass is 343 g/mol. The van der Waals surface area contributed by atoms with E-state index < -0.39 is 0 Å². The van der Waals surface area contributed by atoms with E-state index in [0.717, 1.165) is 4.70 Å². The fraction of sp³-hybridized carbons (Fsp3) is 0.0588. The van der Waals surface area contributed by atoms with Gasteiger partial charge in [-0.15, -0.1) is 11.3 Å². The Kier molecular flexibility index (Phi) is 4.43. The van der Waals surface area contributed by atoms with Crippen LogP contribution in [0.2, 0.25) is 0 Å². The van der Waals surface area contributed by atoms with Crippen LogP contribution in [0.3, 0.4) is 0 Å². The fourth-order valence-electron chi connectivity index (χ4n) is 2.16. The molecule has 0 radical (unpaired) electrons. The molecule has 0 aliphatic heterocycles. The van der Waals surface area contributed by atoms with E-state index >= 15 is 0 Å². The van der Waals surface area contributed by atoms with Crippen molar-refractivity contribution in [3.8, 4) is 0 Å². The van der Waals surface area contributed by atoms with Gasteiger partial charge in [-0.1, -0.05) is 6.07 Å². The smallest absolute Gasteiger partial charge is 0.318 e. The second-order valence-corrected chi connectivity index (χ2v) is 6.08. The Labute approximate surface area is 141 Å². The Morgan fingerprint density at radius 3 is 2.29 bits per heavy atom. The normalized spacial score (nSPS) is 10.4. The summed E-state index contributed by atoms with van der Waals surface area (Å²) >= 11 is 1.24. The number of hydrogen-bond acceptors (Lipinski definition) is 3. The number of carbonyl (C=O) groups excluding carboxylic acids is 2. The first-order valence-electron chi connectivity index (χ1n) is 7.15. The predicted molar refractivity (Wildman–Crippen MR) is 94.3 cm³/mol. The number of amides is 3. The quantitative estimate of drug-likeness (QED) is 0.671. The minimum Gasteiger partial charge on any atom is -0.341 e. The highest BCUT2D eigenvalue weighted by Crippen LogP contribution is 2.28. The molecular weight excluding hydrogens is 329 g/mol. The number of thiophene rings is 1. The van der Waals surface area contributed by atoms with Crippen LogP contribution < -0.4 is 16.0 Å². The SMILES string of the molecule is CNC(=O)Nc1ccc(NC(=O)c2cc3c(F)cccc3s2)cc1. The van der Waals surface area contributed by atoms with E-state index in [1.165, 1.54) is 24.5 Å². The van der Waals surface area contributed by atoms with Crippen molar-refractivity contribution in [1.29, 1.82) is 0 Å². The van der Waals surface area contributed by atoms with Crippen LogP contribution in [0.1, 0.15) is 9.67 Å². The van der Waals surface area contributed by atoms with Gasteiger partial charge in [-0.3, -0.25) is 4.79 Å². The molecule has 5 nitrogen and oxygen atoms in total. The van der Waals surface area contributed by atoms with E-state index in [1.807, 2.05) is 0 Å². The third-order valence-corrected chi connectivity index (χ3v) is 4.46. The molecule has 1 aromatic heterocycles. The zero-order chi connectivity index (χ0) is 17.1. The number of fused-ring (bicyclic) bond motifs is 1. The number of hydrogen-bond donors (Lipinski definition) is 3. The number of benzene rings is 2. The van der Waals surface area contributed by atoms with E-state index in [4.69, 9.17) is 0 Å². The molecule has 0 bridgehead atoms. The Bertz CT molecular complexity index is 906. The molecule has 3 rings (SSSR count). The first-order valence-corrected chi connectivity index (χ1v) is 7.96. The number of halogens is 1. The van der Waals surface area contributed by atoms with Crippen LogP contribution in [-0.4, -0.2) is 19.0 Å². The van der Waals surface area contributed by atoms with E-state index in [1.54, 1.807) is 42.5 Å². The summed E-state index contributed by atoms with van der Waals surface area (Å²) in [6.07, 6.45) is 0. The Balaban J connectivity index is 1.74. The van der Waals surface area contributed by atoms with Gasteiger partial charge in [0.25, 0.3) is 5.91 Å². The molecule has 0 aliphatic rings. The Morgan fingerprint density at radius 1 is 1.00 bits per heavy atom. The predicted octanol–water partition coefficient (Wildman–Crippen LogP) is 4.04. The largest absolute Gasteiger partial charge is 0.341 e. The third-order valence-electron chi connectivity index (χ3n) is 3.36. The van der Waals surface area contributed by atoms with Crippen LogP contribution in [-0.2, 0) is 0 Å². The summed E-state index contributed by atoms with van der Waals surface area (Å²) in [5.74, 6) is -0.643. The molecule has 0 unspecified atom stereocenters. The van der Waals surface area contributed by atoms with Crippen LogP contribution in [0, 0.1) is 5.82 Å². The van der Waals surface area contributed by atoms with Crippen molar-refractivity contribution >= 4 is 44.7 Å². The van der Waals surface area contributed by atoms with Gasteiger partial charge in [0.15, 0.2) is 0 Å². The highest BCUT2D eigenvalue weighted by molar-refractivity contribution is 7.20. The van der Waals surface area contributed by atoms with Crippen molar-refractivity contribution in [2.45, 2.75) is 0 Å². The molecule has 0 atom stereocenters. The average Bonchev–Trinajstić information content (AvgIpc) is 3.02. The minimum absolute atomic E-state index is 0.303. The molecular formula is C17H14FN3O2S. The van der Waals surface area contributed by atoms with Crippen LogP contribution in [0.25, 0.3) is 10.1 Å². The van der Waals surface area contributed by atoms with Crippen molar-refractivity contribution < 1.29 is 14.0 Å². The van der Waals surface area contributed by atoms with Crippen molar-refractivity contribution in [3.63, 3.8) is 0 Å². The Hall–Kier alpha value is -2.93. The van der Waals surface area contributed by atoms with Crippen molar-refractivity contribution in [2.24, 2.45) is 0 Å². The molecule has 0 aliphatic carbocycles. The van der Waals surface area contributed by atoms with Crippen molar-refractivity contribution in [2.75, 3.05) is 17.7 Å². The van der Waals surface area contributed by atoms with Gasteiger partial charge in [-0.05, 0) is 42.5 Å². The number of urea groups is 1. The van der Waals surface area contributed by atoms with E-state index in [0.29, 0.717) is 21.6 Å². The molecule has 2 aromatic carbocycles. The summed E-state index contributed by atoms with van der Waals surface area (Å²) in [6.45, 7) is 0. The fourth-order valence-corrected chi connectivity index (χ4v) is 3.13. The molecule has 122 valence electrons. The number of rotatable bonds is 3. The summed E-state index contributed by atoms with van der Waals surface area (Å²) < 4.78 is 14.4. The molecule has 3 aromatic rings. The van der Waals surface area contributed by atoms with Crippen molar-refractivity contribution in [3.05, 3.63) is 59.2 Å². The van der Waals surface area contributed by atoms with Gasteiger partial charge < -0.3 is 16.0 Å². The number of anilines is 2. The molecule has 24 heavy (non-hydrogen) atoms. The summed E-state index contributed by atoms with van der Waals surface area (Å²) in [6, 6.07) is 12.7. The lowest BCUT2D eigenvalue weighted by molar-refractivity contribution is 0.103. The van der Waals surface area contributed by atoms with E-state index in [-0.39, 0.29) is 17.8 Å². The molecule has 0 spiro atoms. The lowest BCUT2D eigenvalue weighted by Gasteiger charge is -2.06. The molecule has 7 heteroatoms. The van der Waals surface area contributed by atoms with Crippen LogP contribution in [0.15, 0.2) is 48.5 Å². The summed E-state index contributed by atoms with van der Waals surface area (Å²) in [4.78, 5) is 24.0. The molecule has 1 heterocycles. The topological polar surface area (TPSA) is 70.2 Å². The van der Waals surface area contributed by atoms with Gasteiger partial charge in [0.1, 0.15) is 5.82 Å². The summed E-state index contributed by atoms with van der Waals surface area (Å²) in [7, 11) is 1.53. The molecule has 0 fully saturated rings. The Morgan fingerprint density at radius 2 is 1.67 bits per heavy atom. The highest BCUT2D eigenvalue weighted by Gasteiger charge is 2.12. The van der Waals surface area contributed by atoms with Crippen molar-refractivity contribution in [1.82, 2.24) is 5.32 Å². The van der Waals surface area contributed by atoms with Gasteiger partial charge >= 0.3 is 6.03 Å². The zero-order valence-electron chi connectivity index (χ0n) is 12.7. The van der Waals surface area contributed by atoms with Gasteiger partial charge in [0.05, 0.1) is 4.88 Å². The maximum atomic E-state index is 13.7. The van der Waals surface area contributed by atoms with Crippen LogP contribution >= 0.6 is 11.3 Å². The van der Waals surface area contributed by atoms with E-state index in [2.05, 4.69) is 16.0 Å². The number of nitrogens with one attached hydrogen (secondary N) is 3. The molecule has 0 saturated heterocycles. The third kappa shape index (κ3) is 3.36. The maximum absolute atomic E-state index is 13.7. The molecule has 3 N–H and O–H groups in total. The first kappa shape index (κ1) is 15.9. The minimum atomic E-state index is -0.340. The molecule has 3 amide bonds. The van der Waals surface area contributed by atoms with Gasteiger partial charge in [0, 0.05) is 28.5 Å². The highest BCUT2D eigenvalue weighted by atomic mass is 32.1. The summed E-state index contributed by atoms with van der Waals surface area (Å²) in [5.41, 5.74) is 1.19. The van der Waals surface area contributed by atoms with E-state index in [9.17, 15) is 14.0 Å². The van der Waals surface area contributed by atoms with Crippen LogP contribution in [0.5, 0.6) is 0 Å². The van der Waals surface area contributed by atoms with Gasteiger partial charge in [0.2, 0.25) is 0 Å². The summed E-state index contributed by atoms with van der Waals surface area (Å²) in [5, 5.41) is 8.27. The van der Waals surface area contributed by atoms with Gasteiger partial charge in [-0.2, -0.15) is 0 Å². The zero-order valence-corrected chi connectivity index (χ0v) is 13.5. The standard InChI is InChI=1S/C17H14FN3O2S/c1-19-17(23)21-11-7-5-10(6-8-11)20-16(22)15-9-12-13(18)3-2-4-14(12)24-15/h2-9H,1H3,(H,20,22)(H2,19,21,23). The lowest BCUT2D eigenvalue weighted by atomic mass is 10.2. The molecule has 0 saturated carbocycles.